The first-order valence-corrected chi connectivity index (χ1v) is 9.89. The predicted octanol–water partition coefficient (Wildman–Crippen LogP) is 7.49. The Balaban J connectivity index is 1.82. The Morgan fingerprint density at radius 3 is 2.07 bits per heavy atom. The fourth-order valence-electron chi connectivity index (χ4n) is 3.60. The molecule has 1 heterocycles. The molecule has 4 aromatic rings. The van der Waals surface area contributed by atoms with Gasteiger partial charge in [-0.2, -0.15) is 0 Å². The van der Waals surface area contributed by atoms with Gasteiger partial charge in [-0.1, -0.05) is 70.2 Å². The highest BCUT2D eigenvalue weighted by molar-refractivity contribution is 5.83. The van der Waals surface area contributed by atoms with Crippen LogP contribution in [0, 0.1) is 0 Å². The number of hydrogen-bond acceptors (Lipinski definition) is 3. The Hall–Kier alpha value is -3.07. The van der Waals surface area contributed by atoms with Gasteiger partial charge >= 0.3 is 0 Å². The summed E-state index contributed by atoms with van der Waals surface area (Å²) >= 11 is 0. The molecule has 28 heavy (non-hydrogen) atoms. The van der Waals surface area contributed by atoms with E-state index in [9.17, 15) is 0 Å². The van der Waals surface area contributed by atoms with Gasteiger partial charge in [0.15, 0.2) is 5.58 Å². The van der Waals surface area contributed by atoms with Crippen LogP contribution in [-0.2, 0) is 0 Å². The van der Waals surface area contributed by atoms with E-state index in [1.54, 1.807) is 0 Å². The Bertz CT molecular complexity index is 1050. The lowest BCUT2D eigenvalue weighted by molar-refractivity contribution is 0.620. The van der Waals surface area contributed by atoms with E-state index in [1.807, 2.05) is 36.4 Å². The van der Waals surface area contributed by atoms with E-state index in [0.717, 1.165) is 22.4 Å². The van der Waals surface area contributed by atoms with Crippen molar-refractivity contribution < 1.29 is 4.42 Å². The van der Waals surface area contributed by atoms with E-state index in [2.05, 4.69) is 63.3 Å². The highest BCUT2D eigenvalue weighted by atomic mass is 16.3. The van der Waals surface area contributed by atoms with Gasteiger partial charge < -0.3 is 9.73 Å². The van der Waals surface area contributed by atoms with Crippen LogP contribution in [0.3, 0.4) is 0 Å². The minimum absolute atomic E-state index is 0.428. The van der Waals surface area contributed by atoms with Gasteiger partial charge in [-0.3, -0.25) is 0 Å². The molecule has 0 aliphatic carbocycles. The third-order valence-electron chi connectivity index (χ3n) is 5.08. The zero-order valence-corrected chi connectivity index (χ0v) is 16.9. The summed E-state index contributed by atoms with van der Waals surface area (Å²) in [6, 6.07) is 22.7. The van der Waals surface area contributed by atoms with E-state index in [-0.39, 0.29) is 0 Å². The average molecular weight is 370 g/mol. The van der Waals surface area contributed by atoms with Gasteiger partial charge in [-0.25, -0.2) is 4.98 Å². The smallest absolute Gasteiger partial charge is 0.229 e. The lowest BCUT2D eigenvalue weighted by Crippen LogP contribution is -2.04. The molecule has 3 aromatic carbocycles. The van der Waals surface area contributed by atoms with Crippen LogP contribution in [0.25, 0.3) is 22.6 Å². The van der Waals surface area contributed by atoms with Gasteiger partial charge in [0, 0.05) is 5.69 Å². The molecular formula is C25H26N2O. The van der Waals surface area contributed by atoms with Crippen molar-refractivity contribution in [1.29, 1.82) is 0 Å². The first-order chi connectivity index (χ1) is 13.5. The number of hydrogen-bond donors (Lipinski definition) is 1. The third kappa shape index (κ3) is 3.40. The predicted molar refractivity (Wildman–Crippen MR) is 117 cm³/mol. The van der Waals surface area contributed by atoms with Gasteiger partial charge in [0.2, 0.25) is 5.89 Å². The molecule has 0 saturated heterocycles. The summed E-state index contributed by atoms with van der Waals surface area (Å²) in [7, 11) is 0. The molecule has 3 nitrogen and oxygen atoms in total. The molecule has 1 N–H and O–H groups in total. The second-order valence-corrected chi connectivity index (χ2v) is 7.78. The van der Waals surface area contributed by atoms with Crippen LogP contribution in [0.4, 0.5) is 11.4 Å². The van der Waals surface area contributed by atoms with Crippen LogP contribution in [0.1, 0.15) is 50.7 Å². The second kappa shape index (κ2) is 7.51. The largest absolute Gasteiger partial charge is 0.436 e. The number of oxazole rings is 1. The van der Waals surface area contributed by atoms with Crippen molar-refractivity contribution in [3.63, 3.8) is 0 Å². The Kier molecular flexibility index (Phi) is 4.91. The van der Waals surface area contributed by atoms with Crippen molar-refractivity contribution in [2.45, 2.75) is 39.5 Å². The minimum atomic E-state index is 0.428. The maximum Gasteiger partial charge on any atom is 0.229 e. The molecule has 0 fully saturated rings. The van der Waals surface area contributed by atoms with E-state index in [0.29, 0.717) is 17.7 Å². The average Bonchev–Trinajstić information content (AvgIpc) is 3.12. The number of fused-ring (bicyclic) bond motifs is 1. The third-order valence-corrected chi connectivity index (χ3v) is 5.08. The number of anilines is 2. The Morgan fingerprint density at radius 1 is 0.750 bits per heavy atom. The topological polar surface area (TPSA) is 38.1 Å². The summed E-state index contributed by atoms with van der Waals surface area (Å²) in [5.74, 6) is 1.49. The number of rotatable bonds is 5. The fraction of sp³-hybridized carbons (Fsp3) is 0.240. The summed E-state index contributed by atoms with van der Waals surface area (Å²) < 4.78 is 6.04. The van der Waals surface area contributed by atoms with Crippen molar-refractivity contribution in [1.82, 2.24) is 4.98 Å². The second-order valence-electron chi connectivity index (χ2n) is 7.78. The van der Waals surface area contributed by atoms with Crippen molar-refractivity contribution in [3.05, 3.63) is 77.9 Å². The normalized spacial score (nSPS) is 11.5. The van der Waals surface area contributed by atoms with Crippen LogP contribution >= 0.6 is 0 Å². The van der Waals surface area contributed by atoms with Crippen molar-refractivity contribution in [2.75, 3.05) is 5.32 Å². The molecule has 0 spiro atoms. The lowest BCUT2D eigenvalue weighted by Gasteiger charge is -2.21. The molecule has 3 heteroatoms. The fourth-order valence-corrected chi connectivity index (χ4v) is 3.60. The number of benzene rings is 3. The van der Waals surface area contributed by atoms with Crippen molar-refractivity contribution in [3.8, 4) is 11.5 Å². The maximum atomic E-state index is 6.04. The number of aromatic nitrogens is 1. The molecule has 1 aromatic heterocycles. The standard InChI is InChI=1S/C25H26N2O/c1-16(2)18-11-9-12-19(17(3)4)24(18)26-21-13-6-5-10-20(21)25-27-22-14-7-8-15-23(22)28-25/h5-17,26H,1-4H3. The highest BCUT2D eigenvalue weighted by Gasteiger charge is 2.17. The van der Waals surface area contributed by atoms with Crippen LogP contribution in [0.15, 0.2) is 71.1 Å². The summed E-state index contributed by atoms with van der Waals surface area (Å²) in [5, 5.41) is 3.72. The number of nitrogens with one attached hydrogen (secondary N) is 1. The summed E-state index contributed by atoms with van der Waals surface area (Å²) in [4.78, 5) is 4.69. The highest BCUT2D eigenvalue weighted by Crippen LogP contribution is 2.37. The van der Waals surface area contributed by atoms with Gasteiger partial charge in [0.05, 0.1) is 11.3 Å². The van der Waals surface area contributed by atoms with Crippen molar-refractivity contribution in [2.24, 2.45) is 0 Å². The Morgan fingerprint density at radius 2 is 1.39 bits per heavy atom. The lowest BCUT2D eigenvalue weighted by atomic mass is 9.92. The van der Waals surface area contributed by atoms with Crippen LogP contribution < -0.4 is 5.32 Å². The molecule has 0 radical (unpaired) electrons. The molecule has 0 aliphatic rings. The van der Waals surface area contributed by atoms with E-state index in [4.69, 9.17) is 9.40 Å². The minimum Gasteiger partial charge on any atom is -0.436 e. The summed E-state index contributed by atoms with van der Waals surface area (Å²) in [5.41, 5.74) is 7.47. The van der Waals surface area contributed by atoms with E-state index >= 15 is 0 Å². The number of nitrogens with zero attached hydrogens (tertiary/aromatic N) is 1. The molecule has 4 rings (SSSR count). The van der Waals surface area contributed by atoms with E-state index < -0.39 is 0 Å². The SMILES string of the molecule is CC(C)c1cccc(C(C)C)c1Nc1ccccc1-c1nc2ccccc2o1. The van der Waals surface area contributed by atoms with Gasteiger partial charge in [-0.05, 0) is 47.2 Å². The van der Waals surface area contributed by atoms with E-state index in [1.165, 1.54) is 16.8 Å². The zero-order valence-electron chi connectivity index (χ0n) is 16.9. The van der Waals surface area contributed by atoms with Crippen LogP contribution in [0.5, 0.6) is 0 Å². The first-order valence-electron chi connectivity index (χ1n) is 9.89. The Labute approximate surface area is 166 Å². The van der Waals surface area contributed by atoms with Crippen molar-refractivity contribution >= 4 is 22.5 Å². The van der Waals surface area contributed by atoms with Crippen LogP contribution in [0.2, 0.25) is 0 Å². The summed E-state index contributed by atoms with van der Waals surface area (Å²) in [6.45, 7) is 8.93. The summed E-state index contributed by atoms with van der Waals surface area (Å²) in [6.07, 6.45) is 0. The molecule has 0 unspecified atom stereocenters. The molecule has 0 aliphatic heterocycles. The zero-order chi connectivity index (χ0) is 19.7. The molecule has 0 bridgehead atoms. The molecule has 0 amide bonds. The monoisotopic (exact) mass is 370 g/mol. The van der Waals surface area contributed by atoms with Gasteiger partial charge in [-0.15, -0.1) is 0 Å². The quantitative estimate of drug-likeness (QED) is 0.395. The number of para-hydroxylation sites is 4. The molecule has 0 saturated carbocycles. The van der Waals surface area contributed by atoms with Crippen LogP contribution in [-0.4, -0.2) is 4.98 Å². The molecular weight excluding hydrogens is 344 g/mol. The molecule has 142 valence electrons. The molecule has 0 atom stereocenters. The van der Waals surface area contributed by atoms with Gasteiger partial charge in [0.1, 0.15) is 5.52 Å². The van der Waals surface area contributed by atoms with Gasteiger partial charge in [0.25, 0.3) is 0 Å². The first kappa shape index (κ1) is 18.3. The maximum absolute atomic E-state index is 6.04.